The lowest BCUT2D eigenvalue weighted by atomic mass is 10.00. The summed E-state index contributed by atoms with van der Waals surface area (Å²) in [7, 11) is 0. The molecule has 1 N–H and O–H groups in total. The van der Waals surface area contributed by atoms with Gasteiger partial charge in [-0.15, -0.1) is 0 Å². The van der Waals surface area contributed by atoms with Crippen molar-refractivity contribution in [1.29, 1.82) is 0 Å². The molecule has 0 amide bonds. The normalized spacial score (nSPS) is 12.2. The summed E-state index contributed by atoms with van der Waals surface area (Å²) in [5.74, 6) is 0.831. The molecule has 0 saturated carbocycles. The molecular formula is C16H17IO2. The second-order valence-electron chi connectivity index (χ2n) is 4.38. The molecule has 2 nitrogen and oxygen atoms in total. The van der Waals surface area contributed by atoms with Gasteiger partial charge in [0.2, 0.25) is 0 Å². The van der Waals surface area contributed by atoms with Crippen molar-refractivity contribution in [3.63, 3.8) is 0 Å². The van der Waals surface area contributed by atoms with Gasteiger partial charge in [-0.2, -0.15) is 0 Å². The average molecular weight is 368 g/mol. The summed E-state index contributed by atoms with van der Waals surface area (Å²) < 4.78 is 6.52. The Labute approximate surface area is 127 Å². The van der Waals surface area contributed by atoms with Crippen LogP contribution in [0.3, 0.4) is 0 Å². The lowest BCUT2D eigenvalue weighted by molar-refractivity contribution is 0.219. The maximum Gasteiger partial charge on any atom is 0.119 e. The summed E-state index contributed by atoms with van der Waals surface area (Å²) in [5.41, 5.74) is 3.01. The minimum absolute atomic E-state index is 0.595. The molecule has 100 valence electrons. The zero-order chi connectivity index (χ0) is 13.8. The van der Waals surface area contributed by atoms with Gasteiger partial charge >= 0.3 is 0 Å². The van der Waals surface area contributed by atoms with Crippen LogP contribution in [0, 0.1) is 10.5 Å². The first-order valence-electron chi connectivity index (χ1n) is 6.29. The molecule has 0 spiro atoms. The van der Waals surface area contributed by atoms with E-state index in [4.69, 9.17) is 4.74 Å². The number of aryl methyl sites for hydroxylation is 1. The molecule has 1 unspecified atom stereocenters. The van der Waals surface area contributed by atoms with Gasteiger partial charge < -0.3 is 9.84 Å². The highest BCUT2D eigenvalue weighted by Gasteiger charge is 2.14. The number of aliphatic hydroxyl groups excluding tert-OH is 1. The molecule has 2 aromatic rings. The SMILES string of the molecule is CCOc1ccc(C(O)c2cccc(C)c2I)cc1. The summed E-state index contributed by atoms with van der Waals surface area (Å²) in [6.45, 7) is 4.66. The molecule has 2 rings (SSSR count). The molecule has 19 heavy (non-hydrogen) atoms. The van der Waals surface area contributed by atoms with E-state index in [9.17, 15) is 5.11 Å². The average Bonchev–Trinajstić information content (AvgIpc) is 2.42. The maximum absolute atomic E-state index is 10.5. The highest BCUT2D eigenvalue weighted by Crippen LogP contribution is 2.28. The molecule has 0 aliphatic rings. The number of hydrogen-bond donors (Lipinski definition) is 1. The predicted molar refractivity (Wildman–Crippen MR) is 85.6 cm³/mol. The van der Waals surface area contributed by atoms with Crippen LogP contribution in [0.25, 0.3) is 0 Å². The van der Waals surface area contributed by atoms with Crippen LogP contribution < -0.4 is 4.74 Å². The number of ether oxygens (including phenoxy) is 1. The number of rotatable bonds is 4. The Morgan fingerprint density at radius 1 is 1.16 bits per heavy atom. The third-order valence-electron chi connectivity index (χ3n) is 3.02. The first-order valence-corrected chi connectivity index (χ1v) is 7.37. The highest BCUT2D eigenvalue weighted by atomic mass is 127. The number of halogens is 1. The van der Waals surface area contributed by atoms with Crippen LogP contribution in [0.2, 0.25) is 0 Å². The second-order valence-corrected chi connectivity index (χ2v) is 5.46. The zero-order valence-corrected chi connectivity index (χ0v) is 13.2. The molecule has 0 heterocycles. The van der Waals surface area contributed by atoms with Gasteiger partial charge in [0.05, 0.1) is 6.61 Å². The van der Waals surface area contributed by atoms with Crippen molar-refractivity contribution in [2.75, 3.05) is 6.61 Å². The van der Waals surface area contributed by atoms with Gasteiger partial charge in [-0.05, 0) is 65.3 Å². The van der Waals surface area contributed by atoms with E-state index < -0.39 is 6.10 Å². The highest BCUT2D eigenvalue weighted by molar-refractivity contribution is 14.1. The Balaban J connectivity index is 2.28. The van der Waals surface area contributed by atoms with E-state index in [1.165, 1.54) is 5.56 Å². The molecule has 0 bridgehead atoms. The summed E-state index contributed by atoms with van der Waals surface area (Å²) in [4.78, 5) is 0. The van der Waals surface area contributed by atoms with Crippen LogP contribution in [0.15, 0.2) is 42.5 Å². The Bertz CT molecular complexity index is 549. The minimum atomic E-state index is -0.595. The number of hydrogen-bond acceptors (Lipinski definition) is 2. The fourth-order valence-corrected chi connectivity index (χ4v) is 2.63. The van der Waals surface area contributed by atoms with Crippen molar-refractivity contribution in [2.45, 2.75) is 20.0 Å². The molecule has 0 fully saturated rings. The molecular weight excluding hydrogens is 351 g/mol. The van der Waals surface area contributed by atoms with Gasteiger partial charge in [-0.1, -0.05) is 30.3 Å². The third-order valence-corrected chi connectivity index (χ3v) is 4.50. The first-order chi connectivity index (χ1) is 9.13. The maximum atomic E-state index is 10.5. The topological polar surface area (TPSA) is 29.5 Å². The van der Waals surface area contributed by atoms with Gasteiger partial charge in [-0.25, -0.2) is 0 Å². The Morgan fingerprint density at radius 2 is 1.84 bits per heavy atom. The summed E-state index contributed by atoms with van der Waals surface area (Å²) in [6, 6.07) is 13.6. The lowest BCUT2D eigenvalue weighted by Crippen LogP contribution is -2.03. The van der Waals surface area contributed by atoms with Crippen LogP contribution in [-0.2, 0) is 0 Å². The van der Waals surface area contributed by atoms with E-state index in [1.54, 1.807) is 0 Å². The largest absolute Gasteiger partial charge is 0.494 e. The Hall–Kier alpha value is -1.07. The van der Waals surface area contributed by atoms with Crippen molar-refractivity contribution >= 4 is 22.6 Å². The van der Waals surface area contributed by atoms with Gasteiger partial charge in [0, 0.05) is 3.57 Å². The fourth-order valence-electron chi connectivity index (χ4n) is 1.97. The van der Waals surface area contributed by atoms with Gasteiger partial charge in [0.25, 0.3) is 0 Å². The molecule has 2 aromatic carbocycles. The third kappa shape index (κ3) is 3.28. The van der Waals surface area contributed by atoms with Gasteiger partial charge in [0.1, 0.15) is 11.9 Å². The van der Waals surface area contributed by atoms with Crippen LogP contribution in [-0.4, -0.2) is 11.7 Å². The molecule has 0 aliphatic carbocycles. The molecule has 0 aromatic heterocycles. The van der Waals surface area contributed by atoms with Crippen molar-refractivity contribution in [2.24, 2.45) is 0 Å². The van der Waals surface area contributed by atoms with Crippen molar-refractivity contribution in [1.82, 2.24) is 0 Å². The summed E-state index contributed by atoms with van der Waals surface area (Å²) in [6.07, 6.45) is -0.595. The van der Waals surface area contributed by atoms with Crippen molar-refractivity contribution in [3.8, 4) is 5.75 Å². The quantitative estimate of drug-likeness (QED) is 0.825. The minimum Gasteiger partial charge on any atom is -0.494 e. The fraction of sp³-hybridized carbons (Fsp3) is 0.250. The molecule has 0 radical (unpaired) electrons. The summed E-state index contributed by atoms with van der Waals surface area (Å²) in [5, 5.41) is 10.5. The monoisotopic (exact) mass is 368 g/mol. The van der Waals surface area contributed by atoms with Crippen LogP contribution in [0.4, 0.5) is 0 Å². The van der Waals surface area contributed by atoms with Crippen LogP contribution >= 0.6 is 22.6 Å². The lowest BCUT2D eigenvalue weighted by Gasteiger charge is -2.15. The van der Waals surface area contributed by atoms with E-state index in [0.29, 0.717) is 6.61 Å². The standard InChI is InChI=1S/C16H17IO2/c1-3-19-13-9-7-12(8-10-13)16(18)14-6-4-5-11(2)15(14)17/h4-10,16,18H,3H2,1-2H3. The van der Waals surface area contributed by atoms with E-state index in [-0.39, 0.29) is 0 Å². The molecule has 1 atom stereocenters. The van der Waals surface area contributed by atoms with Crippen molar-refractivity contribution < 1.29 is 9.84 Å². The van der Waals surface area contributed by atoms with Gasteiger partial charge in [-0.3, -0.25) is 0 Å². The van der Waals surface area contributed by atoms with Crippen LogP contribution in [0.1, 0.15) is 29.7 Å². The predicted octanol–water partition coefficient (Wildman–Crippen LogP) is 4.08. The Morgan fingerprint density at radius 3 is 2.47 bits per heavy atom. The molecule has 3 heteroatoms. The summed E-state index contributed by atoms with van der Waals surface area (Å²) >= 11 is 2.28. The van der Waals surface area contributed by atoms with Gasteiger partial charge in [0.15, 0.2) is 0 Å². The first kappa shape index (κ1) is 14.3. The molecule has 0 saturated heterocycles. The van der Waals surface area contributed by atoms with E-state index >= 15 is 0 Å². The van der Waals surface area contributed by atoms with E-state index in [2.05, 4.69) is 35.6 Å². The molecule has 0 aliphatic heterocycles. The number of benzene rings is 2. The van der Waals surface area contributed by atoms with Crippen LogP contribution in [0.5, 0.6) is 5.75 Å². The second kappa shape index (κ2) is 6.39. The Kier molecular flexibility index (Phi) is 4.82. The zero-order valence-electron chi connectivity index (χ0n) is 11.1. The smallest absolute Gasteiger partial charge is 0.119 e. The van der Waals surface area contributed by atoms with Crippen molar-refractivity contribution in [3.05, 3.63) is 62.7 Å². The van der Waals surface area contributed by atoms with E-state index in [1.807, 2.05) is 43.3 Å². The number of aliphatic hydroxyl groups is 1. The van der Waals surface area contributed by atoms with E-state index in [0.717, 1.165) is 20.4 Å².